The first kappa shape index (κ1) is 19.3. The van der Waals surface area contributed by atoms with Gasteiger partial charge in [0.2, 0.25) is 0 Å². The Morgan fingerprint density at radius 3 is 2.83 bits per heavy atom. The van der Waals surface area contributed by atoms with E-state index in [1.807, 2.05) is 48.8 Å². The van der Waals surface area contributed by atoms with Gasteiger partial charge in [-0.05, 0) is 55.2 Å². The number of carbonyl (C=O) groups excluding carboxylic acids is 1. The van der Waals surface area contributed by atoms with E-state index in [4.69, 9.17) is 11.6 Å². The van der Waals surface area contributed by atoms with Crippen LogP contribution in [-0.2, 0) is 0 Å². The average molecular weight is 408 g/mol. The molecule has 1 aromatic carbocycles. The molecule has 29 heavy (non-hydrogen) atoms. The number of carbonyl (C=O) groups is 1. The number of fused-ring (bicyclic) bond motifs is 1. The second-order valence-electron chi connectivity index (χ2n) is 7.45. The van der Waals surface area contributed by atoms with Crippen LogP contribution >= 0.6 is 11.6 Å². The van der Waals surface area contributed by atoms with Crippen molar-refractivity contribution in [3.63, 3.8) is 0 Å². The SMILES string of the molecule is CC[C@@H]1[C@H](NC(=O)c2ccc(-c3ccn4ccnc4c3)cc2Cl)C[C@H](C)N1C#N. The monoisotopic (exact) mass is 407 g/mol. The van der Waals surface area contributed by atoms with Gasteiger partial charge in [0.15, 0.2) is 6.19 Å². The molecule has 0 unspecified atom stereocenters. The highest BCUT2D eigenvalue weighted by atomic mass is 35.5. The van der Waals surface area contributed by atoms with E-state index in [0.717, 1.165) is 29.6 Å². The van der Waals surface area contributed by atoms with E-state index in [1.165, 1.54) is 0 Å². The number of halogens is 1. The van der Waals surface area contributed by atoms with Crippen LogP contribution in [0.15, 0.2) is 48.9 Å². The van der Waals surface area contributed by atoms with Crippen LogP contribution < -0.4 is 5.32 Å². The molecule has 0 aliphatic carbocycles. The number of nitrogens with zero attached hydrogens (tertiary/aromatic N) is 4. The lowest BCUT2D eigenvalue weighted by atomic mass is 10.0. The summed E-state index contributed by atoms with van der Waals surface area (Å²) in [5, 5.41) is 12.9. The number of rotatable bonds is 4. The fourth-order valence-corrected chi connectivity index (χ4v) is 4.45. The molecule has 3 heterocycles. The van der Waals surface area contributed by atoms with Crippen molar-refractivity contribution in [2.24, 2.45) is 0 Å². The minimum Gasteiger partial charge on any atom is -0.347 e. The highest BCUT2D eigenvalue weighted by Crippen LogP contribution is 2.29. The van der Waals surface area contributed by atoms with Crippen molar-refractivity contribution < 1.29 is 4.79 Å². The van der Waals surface area contributed by atoms with Crippen LogP contribution in [0.25, 0.3) is 16.8 Å². The number of pyridine rings is 1. The number of benzene rings is 1. The normalized spacial score (nSPS) is 21.3. The zero-order valence-electron chi connectivity index (χ0n) is 16.3. The van der Waals surface area contributed by atoms with Crippen molar-refractivity contribution in [2.75, 3.05) is 0 Å². The molecule has 4 rings (SSSR count). The maximum absolute atomic E-state index is 12.9. The molecule has 3 aromatic rings. The van der Waals surface area contributed by atoms with E-state index >= 15 is 0 Å². The highest BCUT2D eigenvalue weighted by molar-refractivity contribution is 6.34. The number of likely N-dealkylation sites (tertiary alicyclic amines) is 1. The maximum Gasteiger partial charge on any atom is 0.253 e. The summed E-state index contributed by atoms with van der Waals surface area (Å²) in [4.78, 5) is 18.9. The van der Waals surface area contributed by atoms with Gasteiger partial charge < -0.3 is 14.6 Å². The third-order valence-corrected chi connectivity index (χ3v) is 6.00. The van der Waals surface area contributed by atoms with Crippen LogP contribution in [0.2, 0.25) is 5.02 Å². The number of nitriles is 1. The smallest absolute Gasteiger partial charge is 0.253 e. The largest absolute Gasteiger partial charge is 0.347 e. The Bertz CT molecular complexity index is 1100. The summed E-state index contributed by atoms with van der Waals surface area (Å²) in [5.74, 6) is -0.208. The Hall–Kier alpha value is -3.04. The molecule has 0 radical (unpaired) electrons. The van der Waals surface area contributed by atoms with E-state index in [0.29, 0.717) is 10.6 Å². The van der Waals surface area contributed by atoms with Crippen molar-refractivity contribution in [2.45, 2.75) is 44.8 Å². The molecule has 1 fully saturated rings. The predicted octanol–water partition coefficient (Wildman–Crippen LogP) is 4.11. The zero-order valence-corrected chi connectivity index (χ0v) is 17.1. The standard InChI is InChI=1S/C22H22ClN5O/c1-3-20-19(10-14(2)28(20)13-24)26-22(29)17-5-4-15(11-18(17)23)16-6-8-27-9-7-25-21(27)12-16/h4-9,11-12,14,19-20H,3,10H2,1-2H3,(H,26,29)/t14-,19+,20+/m0/s1. The van der Waals surface area contributed by atoms with Crippen LogP contribution in [-0.4, -0.2) is 38.3 Å². The lowest BCUT2D eigenvalue weighted by molar-refractivity contribution is 0.0929. The van der Waals surface area contributed by atoms with Crippen molar-refractivity contribution in [1.29, 1.82) is 5.26 Å². The predicted molar refractivity (Wildman–Crippen MR) is 113 cm³/mol. The molecule has 1 amide bonds. The third-order valence-electron chi connectivity index (χ3n) is 5.69. The molecule has 1 aliphatic heterocycles. The van der Waals surface area contributed by atoms with Crippen LogP contribution in [0, 0.1) is 11.5 Å². The Balaban J connectivity index is 1.55. The molecule has 3 atom stereocenters. The molecule has 1 aliphatic rings. The number of imidazole rings is 1. The minimum absolute atomic E-state index is 0.0123. The summed E-state index contributed by atoms with van der Waals surface area (Å²) in [7, 11) is 0. The summed E-state index contributed by atoms with van der Waals surface area (Å²) in [6, 6.07) is 9.48. The molecule has 0 bridgehead atoms. The topological polar surface area (TPSA) is 73.4 Å². The number of amides is 1. The van der Waals surface area contributed by atoms with E-state index in [2.05, 4.69) is 16.5 Å². The van der Waals surface area contributed by atoms with Crippen LogP contribution in [0.5, 0.6) is 0 Å². The van der Waals surface area contributed by atoms with E-state index in [1.54, 1.807) is 23.2 Å². The molecular weight excluding hydrogens is 386 g/mol. The zero-order chi connectivity index (χ0) is 20.5. The van der Waals surface area contributed by atoms with Gasteiger partial charge in [-0.25, -0.2) is 4.98 Å². The van der Waals surface area contributed by atoms with Crippen LogP contribution in [0.3, 0.4) is 0 Å². The van der Waals surface area contributed by atoms with Crippen LogP contribution in [0.4, 0.5) is 0 Å². The van der Waals surface area contributed by atoms with Crippen LogP contribution in [0.1, 0.15) is 37.0 Å². The Labute approximate surface area is 174 Å². The number of aromatic nitrogens is 2. The van der Waals surface area contributed by atoms with Crippen molar-refractivity contribution in [1.82, 2.24) is 19.6 Å². The van der Waals surface area contributed by atoms with E-state index < -0.39 is 0 Å². The van der Waals surface area contributed by atoms with Crippen molar-refractivity contribution in [3.8, 4) is 17.3 Å². The van der Waals surface area contributed by atoms with Gasteiger partial charge in [0.05, 0.1) is 22.7 Å². The fraction of sp³-hybridized carbons (Fsp3) is 0.318. The van der Waals surface area contributed by atoms with Gasteiger partial charge in [-0.1, -0.05) is 24.6 Å². The summed E-state index contributed by atoms with van der Waals surface area (Å²) >= 11 is 6.47. The molecule has 1 N–H and O–H groups in total. The molecule has 6 nitrogen and oxygen atoms in total. The Kier molecular flexibility index (Phi) is 5.16. The molecular formula is C22H22ClN5O. The number of hydrogen-bond acceptors (Lipinski definition) is 4. The lowest BCUT2D eigenvalue weighted by Crippen LogP contribution is -2.43. The van der Waals surface area contributed by atoms with Gasteiger partial charge in [0.25, 0.3) is 5.91 Å². The van der Waals surface area contributed by atoms with Crippen molar-refractivity contribution >= 4 is 23.2 Å². The molecule has 1 saturated heterocycles. The third kappa shape index (κ3) is 3.54. The molecule has 7 heteroatoms. The summed E-state index contributed by atoms with van der Waals surface area (Å²) in [6.07, 6.45) is 9.38. The van der Waals surface area contributed by atoms with Gasteiger partial charge in [0.1, 0.15) is 5.65 Å². The van der Waals surface area contributed by atoms with Gasteiger partial charge in [-0.15, -0.1) is 0 Å². The van der Waals surface area contributed by atoms with E-state index in [9.17, 15) is 10.1 Å². The molecule has 0 spiro atoms. The number of hydrogen-bond donors (Lipinski definition) is 1. The first-order chi connectivity index (χ1) is 14.0. The molecule has 0 saturated carbocycles. The Morgan fingerprint density at radius 1 is 1.31 bits per heavy atom. The lowest BCUT2D eigenvalue weighted by Gasteiger charge is -2.24. The fourth-order valence-electron chi connectivity index (χ4n) is 4.18. The van der Waals surface area contributed by atoms with Crippen molar-refractivity contribution in [3.05, 3.63) is 59.5 Å². The number of nitrogens with one attached hydrogen (secondary N) is 1. The second kappa shape index (κ2) is 7.76. The van der Waals surface area contributed by atoms with Gasteiger partial charge >= 0.3 is 0 Å². The summed E-state index contributed by atoms with van der Waals surface area (Å²) in [6.45, 7) is 4.04. The van der Waals surface area contributed by atoms with E-state index in [-0.39, 0.29) is 24.0 Å². The summed E-state index contributed by atoms with van der Waals surface area (Å²) < 4.78 is 1.93. The quantitative estimate of drug-likeness (QED) is 0.660. The first-order valence-electron chi connectivity index (χ1n) is 9.73. The summed E-state index contributed by atoms with van der Waals surface area (Å²) in [5.41, 5.74) is 3.20. The molecule has 2 aromatic heterocycles. The highest BCUT2D eigenvalue weighted by Gasteiger charge is 2.38. The molecule has 148 valence electrons. The van der Waals surface area contributed by atoms with Gasteiger partial charge in [-0.3, -0.25) is 4.79 Å². The maximum atomic E-state index is 12.9. The Morgan fingerprint density at radius 2 is 2.10 bits per heavy atom. The average Bonchev–Trinajstić information content (AvgIpc) is 3.30. The first-order valence-corrected chi connectivity index (χ1v) is 10.1. The van der Waals surface area contributed by atoms with Gasteiger partial charge in [-0.2, -0.15) is 5.26 Å². The second-order valence-corrected chi connectivity index (χ2v) is 7.86. The van der Waals surface area contributed by atoms with Gasteiger partial charge in [0, 0.05) is 24.6 Å². The minimum atomic E-state index is -0.208.